The number of rotatable bonds is 5. The van der Waals surface area contributed by atoms with Gasteiger partial charge in [-0.25, -0.2) is 0 Å². The van der Waals surface area contributed by atoms with E-state index in [1.807, 2.05) is 19.1 Å². The Labute approximate surface area is 134 Å². The highest BCUT2D eigenvalue weighted by atomic mass is 35.5. The summed E-state index contributed by atoms with van der Waals surface area (Å²) in [4.78, 5) is 12.1. The van der Waals surface area contributed by atoms with Gasteiger partial charge in [0.05, 0.1) is 5.25 Å². The van der Waals surface area contributed by atoms with E-state index in [0.29, 0.717) is 5.02 Å². The van der Waals surface area contributed by atoms with Crippen LogP contribution in [0, 0.1) is 6.92 Å². The fourth-order valence-electron chi connectivity index (χ4n) is 1.84. The van der Waals surface area contributed by atoms with E-state index in [-0.39, 0.29) is 11.2 Å². The van der Waals surface area contributed by atoms with Gasteiger partial charge in [-0.3, -0.25) is 4.79 Å². The van der Waals surface area contributed by atoms with Crippen LogP contribution in [-0.4, -0.2) is 11.2 Å². The fourth-order valence-corrected chi connectivity index (χ4v) is 2.93. The number of halogens is 1. The van der Waals surface area contributed by atoms with Crippen molar-refractivity contribution in [3.05, 3.63) is 64.7 Å². The molecular weight excluding hydrogens is 302 g/mol. The van der Waals surface area contributed by atoms with Gasteiger partial charge in [0.2, 0.25) is 5.91 Å². The van der Waals surface area contributed by atoms with Crippen LogP contribution in [0.25, 0.3) is 0 Å². The van der Waals surface area contributed by atoms with Crippen molar-refractivity contribution in [1.29, 1.82) is 0 Å². The average molecular weight is 320 g/mol. The molecule has 0 heterocycles. The number of hydrogen-bond acceptors (Lipinski definition) is 2. The van der Waals surface area contributed by atoms with E-state index in [2.05, 4.69) is 24.4 Å². The molecule has 21 heavy (non-hydrogen) atoms. The van der Waals surface area contributed by atoms with E-state index >= 15 is 0 Å². The SMILES string of the molecule is Cc1ccccc1CS[C@@H](C)C(=O)Nc1ccc(Cl)cc1. The van der Waals surface area contributed by atoms with Gasteiger partial charge < -0.3 is 5.32 Å². The highest BCUT2D eigenvalue weighted by molar-refractivity contribution is 7.99. The second-order valence-electron chi connectivity index (χ2n) is 4.88. The smallest absolute Gasteiger partial charge is 0.237 e. The molecule has 0 fully saturated rings. The summed E-state index contributed by atoms with van der Waals surface area (Å²) in [6, 6.07) is 15.4. The molecule has 2 nitrogen and oxygen atoms in total. The quantitative estimate of drug-likeness (QED) is 0.848. The number of carbonyl (C=O) groups is 1. The Morgan fingerprint density at radius 3 is 2.52 bits per heavy atom. The number of anilines is 1. The standard InChI is InChI=1S/C17H18ClNOS/c1-12-5-3-4-6-14(12)11-21-13(2)17(20)19-16-9-7-15(18)8-10-16/h3-10,13H,11H2,1-2H3,(H,19,20)/t13-/m0/s1. The topological polar surface area (TPSA) is 29.1 Å². The van der Waals surface area contributed by atoms with Crippen LogP contribution in [-0.2, 0) is 10.5 Å². The minimum Gasteiger partial charge on any atom is -0.325 e. The zero-order valence-electron chi connectivity index (χ0n) is 12.1. The lowest BCUT2D eigenvalue weighted by atomic mass is 10.1. The van der Waals surface area contributed by atoms with Crippen molar-refractivity contribution in [2.75, 3.05) is 5.32 Å². The van der Waals surface area contributed by atoms with Crippen LogP contribution in [0.5, 0.6) is 0 Å². The molecule has 0 aliphatic rings. The van der Waals surface area contributed by atoms with E-state index in [0.717, 1.165) is 11.4 Å². The first kappa shape index (κ1) is 15.9. The molecule has 0 bridgehead atoms. The van der Waals surface area contributed by atoms with Crippen LogP contribution in [0.1, 0.15) is 18.1 Å². The first-order valence-electron chi connectivity index (χ1n) is 6.79. The molecule has 2 aromatic carbocycles. The van der Waals surface area contributed by atoms with E-state index in [1.165, 1.54) is 11.1 Å². The third-order valence-electron chi connectivity index (χ3n) is 3.23. The molecule has 1 atom stereocenters. The molecule has 0 radical (unpaired) electrons. The maximum atomic E-state index is 12.1. The summed E-state index contributed by atoms with van der Waals surface area (Å²) in [6.45, 7) is 4.02. The Hall–Kier alpha value is -1.45. The van der Waals surface area contributed by atoms with Crippen molar-refractivity contribution < 1.29 is 4.79 Å². The average Bonchev–Trinajstić information content (AvgIpc) is 2.48. The Morgan fingerprint density at radius 2 is 1.86 bits per heavy atom. The Balaban J connectivity index is 1.88. The summed E-state index contributed by atoms with van der Waals surface area (Å²) in [7, 11) is 0. The highest BCUT2D eigenvalue weighted by Gasteiger charge is 2.14. The molecule has 1 N–H and O–H groups in total. The van der Waals surface area contributed by atoms with E-state index in [1.54, 1.807) is 36.0 Å². The van der Waals surface area contributed by atoms with Crippen molar-refractivity contribution in [2.45, 2.75) is 24.9 Å². The van der Waals surface area contributed by atoms with Gasteiger partial charge in [0.25, 0.3) is 0 Å². The predicted molar refractivity (Wildman–Crippen MR) is 92.0 cm³/mol. The first-order valence-corrected chi connectivity index (χ1v) is 8.21. The Morgan fingerprint density at radius 1 is 1.19 bits per heavy atom. The van der Waals surface area contributed by atoms with Gasteiger partial charge in [-0.15, -0.1) is 11.8 Å². The van der Waals surface area contributed by atoms with Crippen LogP contribution >= 0.6 is 23.4 Å². The van der Waals surface area contributed by atoms with Crippen LogP contribution < -0.4 is 5.32 Å². The molecule has 0 unspecified atom stereocenters. The molecule has 0 aliphatic carbocycles. The van der Waals surface area contributed by atoms with Crippen LogP contribution in [0.2, 0.25) is 5.02 Å². The monoisotopic (exact) mass is 319 g/mol. The van der Waals surface area contributed by atoms with Gasteiger partial charge >= 0.3 is 0 Å². The molecule has 0 saturated carbocycles. The normalized spacial score (nSPS) is 12.0. The van der Waals surface area contributed by atoms with Crippen LogP contribution in [0.3, 0.4) is 0 Å². The van der Waals surface area contributed by atoms with Crippen molar-refractivity contribution in [1.82, 2.24) is 0 Å². The molecular formula is C17H18ClNOS. The summed E-state index contributed by atoms with van der Waals surface area (Å²) in [5.41, 5.74) is 3.30. The Bertz CT molecular complexity index is 612. The number of thioether (sulfide) groups is 1. The number of hydrogen-bond donors (Lipinski definition) is 1. The largest absolute Gasteiger partial charge is 0.325 e. The second-order valence-corrected chi connectivity index (χ2v) is 6.64. The summed E-state index contributed by atoms with van der Waals surface area (Å²) in [5.74, 6) is 0.845. The molecule has 1 amide bonds. The third-order valence-corrected chi connectivity index (χ3v) is 4.67. The first-order chi connectivity index (χ1) is 10.1. The summed E-state index contributed by atoms with van der Waals surface area (Å²) in [6.07, 6.45) is 0. The number of nitrogens with one attached hydrogen (secondary N) is 1. The summed E-state index contributed by atoms with van der Waals surface area (Å²) >= 11 is 7.46. The van der Waals surface area contributed by atoms with Crippen molar-refractivity contribution in [3.8, 4) is 0 Å². The van der Waals surface area contributed by atoms with Crippen molar-refractivity contribution in [2.24, 2.45) is 0 Å². The van der Waals surface area contributed by atoms with Gasteiger partial charge in [-0.05, 0) is 49.2 Å². The number of carbonyl (C=O) groups excluding carboxylic acids is 1. The predicted octanol–water partition coefficient (Wildman–Crippen LogP) is 4.91. The summed E-state index contributed by atoms with van der Waals surface area (Å²) in [5, 5.41) is 3.45. The highest BCUT2D eigenvalue weighted by Crippen LogP contribution is 2.21. The molecule has 0 aliphatic heterocycles. The molecule has 2 aromatic rings. The maximum Gasteiger partial charge on any atom is 0.237 e. The maximum absolute atomic E-state index is 12.1. The number of benzene rings is 2. The van der Waals surface area contributed by atoms with E-state index in [4.69, 9.17) is 11.6 Å². The molecule has 2 rings (SSSR count). The zero-order chi connectivity index (χ0) is 15.2. The zero-order valence-corrected chi connectivity index (χ0v) is 13.7. The second kappa shape index (κ2) is 7.53. The molecule has 0 saturated heterocycles. The number of aryl methyl sites for hydroxylation is 1. The van der Waals surface area contributed by atoms with Crippen LogP contribution in [0.4, 0.5) is 5.69 Å². The van der Waals surface area contributed by atoms with Gasteiger partial charge in [-0.2, -0.15) is 0 Å². The lowest BCUT2D eigenvalue weighted by Gasteiger charge is -2.13. The van der Waals surface area contributed by atoms with Crippen molar-refractivity contribution >= 4 is 35.0 Å². The molecule has 4 heteroatoms. The third kappa shape index (κ3) is 4.80. The van der Waals surface area contributed by atoms with Gasteiger partial charge in [0.15, 0.2) is 0 Å². The van der Waals surface area contributed by atoms with Gasteiger partial charge in [-0.1, -0.05) is 35.9 Å². The van der Waals surface area contributed by atoms with Crippen molar-refractivity contribution in [3.63, 3.8) is 0 Å². The lowest BCUT2D eigenvalue weighted by Crippen LogP contribution is -2.22. The van der Waals surface area contributed by atoms with E-state index in [9.17, 15) is 4.79 Å². The molecule has 0 aromatic heterocycles. The minimum atomic E-state index is -0.111. The Kier molecular flexibility index (Phi) is 5.71. The lowest BCUT2D eigenvalue weighted by molar-refractivity contribution is -0.115. The fraction of sp³-hybridized carbons (Fsp3) is 0.235. The van der Waals surface area contributed by atoms with E-state index < -0.39 is 0 Å². The number of amides is 1. The van der Waals surface area contributed by atoms with Gasteiger partial charge in [0, 0.05) is 16.5 Å². The van der Waals surface area contributed by atoms with Gasteiger partial charge in [0.1, 0.15) is 0 Å². The molecule has 110 valence electrons. The summed E-state index contributed by atoms with van der Waals surface area (Å²) < 4.78 is 0. The minimum absolute atomic E-state index is 0.0101. The van der Waals surface area contributed by atoms with Crippen LogP contribution in [0.15, 0.2) is 48.5 Å². The molecule has 0 spiro atoms.